The van der Waals surface area contributed by atoms with Crippen LogP contribution in [0.15, 0.2) is 24.3 Å². The molecule has 0 heterocycles. The highest BCUT2D eigenvalue weighted by Crippen LogP contribution is 2.62. The van der Waals surface area contributed by atoms with E-state index in [1.54, 1.807) is 6.92 Å². The van der Waals surface area contributed by atoms with E-state index in [2.05, 4.69) is 33.4 Å². The molecule has 23 heavy (non-hydrogen) atoms. The van der Waals surface area contributed by atoms with Crippen molar-refractivity contribution in [1.82, 2.24) is 0 Å². The van der Waals surface area contributed by atoms with Gasteiger partial charge in [0.1, 0.15) is 6.10 Å². The van der Waals surface area contributed by atoms with Gasteiger partial charge in [-0.05, 0) is 55.8 Å². The first-order valence-electron chi connectivity index (χ1n) is 8.86. The van der Waals surface area contributed by atoms with E-state index in [1.807, 2.05) is 13.0 Å². The molecule has 3 N–H and O–H groups in total. The molecule has 0 spiro atoms. The van der Waals surface area contributed by atoms with Crippen LogP contribution in [0, 0.1) is 22.7 Å². The predicted octanol–water partition coefficient (Wildman–Crippen LogP) is 3.44. The van der Waals surface area contributed by atoms with Crippen LogP contribution in [0.4, 0.5) is 0 Å². The van der Waals surface area contributed by atoms with Crippen LogP contribution < -0.4 is 0 Å². The topological polar surface area (TPSA) is 60.7 Å². The Morgan fingerprint density at radius 2 is 1.78 bits per heavy atom. The quantitative estimate of drug-likeness (QED) is 0.698. The maximum absolute atomic E-state index is 11.1. The van der Waals surface area contributed by atoms with E-state index in [9.17, 15) is 15.3 Å². The molecule has 0 saturated heterocycles. The summed E-state index contributed by atoms with van der Waals surface area (Å²) in [5, 5.41) is 32.5. The molecule has 2 fully saturated rings. The van der Waals surface area contributed by atoms with Crippen molar-refractivity contribution in [3.8, 4) is 0 Å². The number of allylic oxidation sites excluding steroid dienone is 3. The zero-order valence-corrected chi connectivity index (χ0v) is 15.3. The Labute approximate surface area is 141 Å². The second-order valence-corrected chi connectivity index (χ2v) is 8.93. The van der Waals surface area contributed by atoms with Crippen LogP contribution in [0.2, 0.25) is 0 Å². The first-order valence-corrected chi connectivity index (χ1v) is 8.86. The van der Waals surface area contributed by atoms with E-state index < -0.39 is 17.8 Å². The molecule has 132 valence electrons. The normalized spacial score (nSPS) is 47.0. The summed E-state index contributed by atoms with van der Waals surface area (Å²) in [6.07, 6.45) is 5.73. The lowest BCUT2D eigenvalue weighted by Crippen LogP contribution is -2.69. The molecule has 0 aromatic rings. The predicted molar refractivity (Wildman–Crippen MR) is 93.9 cm³/mol. The molecule has 3 heteroatoms. The number of hydrogen-bond donors (Lipinski definition) is 3. The minimum absolute atomic E-state index is 0.0126. The molecule has 0 aromatic carbocycles. The molecule has 2 saturated carbocycles. The van der Waals surface area contributed by atoms with Crippen molar-refractivity contribution in [1.29, 1.82) is 0 Å². The zero-order valence-electron chi connectivity index (χ0n) is 15.3. The van der Waals surface area contributed by atoms with Gasteiger partial charge >= 0.3 is 0 Å². The molecule has 0 unspecified atom stereocenters. The van der Waals surface area contributed by atoms with Crippen LogP contribution in [0.5, 0.6) is 0 Å². The van der Waals surface area contributed by atoms with Crippen LogP contribution in [-0.2, 0) is 0 Å². The molecular weight excluding hydrogens is 288 g/mol. The van der Waals surface area contributed by atoms with Gasteiger partial charge in [-0.2, -0.15) is 0 Å². The van der Waals surface area contributed by atoms with Crippen LogP contribution >= 0.6 is 0 Å². The summed E-state index contributed by atoms with van der Waals surface area (Å²) in [7, 11) is 0. The Hall–Kier alpha value is -0.640. The Bertz CT molecular complexity index is 491. The number of fused-ring (bicyclic) bond motifs is 1. The summed E-state index contributed by atoms with van der Waals surface area (Å²) in [4.78, 5) is 0. The average Bonchev–Trinajstić information content (AvgIpc) is 2.43. The van der Waals surface area contributed by atoms with E-state index in [4.69, 9.17) is 0 Å². The first kappa shape index (κ1) is 18.7. The SMILES string of the molecule is C=C/C(C)=C/C[C@H]1[C@](C)(O)[C@@H](O)[C@@H](O)[C@H]2C(C)(C)CCC[C@]21C. The van der Waals surface area contributed by atoms with Crippen molar-refractivity contribution in [2.24, 2.45) is 22.7 Å². The van der Waals surface area contributed by atoms with E-state index in [-0.39, 0.29) is 22.7 Å². The summed E-state index contributed by atoms with van der Waals surface area (Å²) in [6, 6.07) is 0. The molecule has 6 atom stereocenters. The highest BCUT2D eigenvalue weighted by Gasteiger charge is 2.64. The van der Waals surface area contributed by atoms with Crippen LogP contribution in [-0.4, -0.2) is 33.1 Å². The largest absolute Gasteiger partial charge is 0.390 e. The summed E-state index contributed by atoms with van der Waals surface area (Å²) < 4.78 is 0. The molecule has 0 radical (unpaired) electrons. The van der Waals surface area contributed by atoms with Crippen molar-refractivity contribution in [3.63, 3.8) is 0 Å². The summed E-state index contributed by atoms with van der Waals surface area (Å²) in [5.74, 6) is -0.103. The monoisotopic (exact) mass is 322 g/mol. The fourth-order valence-corrected chi connectivity index (χ4v) is 5.67. The standard InChI is InChI=1S/C20H34O3/c1-7-13(2)9-10-14-19(5)12-8-11-18(3,4)16(19)15(21)17(22)20(14,6)23/h7,9,14-17,21-23H,1,8,10-12H2,2-6H3/b13-9+/t14-,15+,16+,17+,19+,20+/m1/s1. The third kappa shape index (κ3) is 2.92. The second-order valence-electron chi connectivity index (χ2n) is 8.93. The zero-order chi connectivity index (χ0) is 17.6. The van der Waals surface area contributed by atoms with E-state index in [1.165, 1.54) is 0 Å². The van der Waals surface area contributed by atoms with Gasteiger partial charge in [0.2, 0.25) is 0 Å². The minimum atomic E-state index is -1.30. The minimum Gasteiger partial charge on any atom is -0.390 e. The molecule has 0 amide bonds. The molecule has 0 aromatic heterocycles. The maximum Gasteiger partial charge on any atom is 0.109 e. The van der Waals surface area contributed by atoms with E-state index >= 15 is 0 Å². The van der Waals surface area contributed by atoms with Gasteiger partial charge in [0.05, 0.1) is 11.7 Å². The second kappa shape index (κ2) is 6.02. The third-order valence-corrected chi connectivity index (χ3v) is 6.85. The Kier molecular flexibility index (Phi) is 4.89. The van der Waals surface area contributed by atoms with Crippen LogP contribution in [0.3, 0.4) is 0 Å². The van der Waals surface area contributed by atoms with Gasteiger partial charge in [-0.15, -0.1) is 0 Å². The number of aliphatic hydroxyl groups excluding tert-OH is 2. The molecular formula is C20H34O3. The van der Waals surface area contributed by atoms with Gasteiger partial charge in [-0.25, -0.2) is 0 Å². The molecule has 0 bridgehead atoms. The van der Waals surface area contributed by atoms with E-state index in [0.717, 1.165) is 24.8 Å². The summed E-state index contributed by atoms with van der Waals surface area (Å²) in [5.41, 5.74) is -0.450. The molecule has 0 aliphatic heterocycles. The maximum atomic E-state index is 11.1. The fraction of sp³-hybridized carbons (Fsp3) is 0.800. The van der Waals surface area contributed by atoms with Gasteiger partial charge in [0.15, 0.2) is 0 Å². The highest BCUT2D eigenvalue weighted by atomic mass is 16.4. The highest BCUT2D eigenvalue weighted by molar-refractivity contribution is 5.18. The van der Waals surface area contributed by atoms with Gasteiger partial charge in [0.25, 0.3) is 0 Å². The number of aliphatic hydroxyl groups is 3. The summed E-state index contributed by atoms with van der Waals surface area (Å²) in [6.45, 7) is 14.0. The molecule has 3 nitrogen and oxygen atoms in total. The lowest BCUT2D eigenvalue weighted by atomic mass is 9.43. The van der Waals surface area contributed by atoms with Crippen LogP contribution in [0.1, 0.15) is 60.3 Å². The van der Waals surface area contributed by atoms with Crippen molar-refractivity contribution in [2.75, 3.05) is 0 Å². The molecule has 2 aliphatic carbocycles. The summed E-state index contributed by atoms with van der Waals surface area (Å²) >= 11 is 0. The Balaban J connectivity index is 2.49. The van der Waals surface area contributed by atoms with Crippen LogP contribution in [0.25, 0.3) is 0 Å². The van der Waals surface area contributed by atoms with Gasteiger partial charge in [-0.1, -0.05) is 51.5 Å². The van der Waals surface area contributed by atoms with Crippen molar-refractivity contribution >= 4 is 0 Å². The van der Waals surface area contributed by atoms with Gasteiger partial charge in [-0.3, -0.25) is 0 Å². The van der Waals surface area contributed by atoms with E-state index in [0.29, 0.717) is 6.42 Å². The Morgan fingerprint density at radius 1 is 1.17 bits per heavy atom. The molecule has 2 aliphatic rings. The van der Waals surface area contributed by atoms with Crippen molar-refractivity contribution in [3.05, 3.63) is 24.3 Å². The smallest absolute Gasteiger partial charge is 0.109 e. The molecule has 2 rings (SSSR count). The lowest BCUT2D eigenvalue weighted by Gasteiger charge is -2.64. The van der Waals surface area contributed by atoms with Gasteiger partial charge < -0.3 is 15.3 Å². The number of rotatable bonds is 3. The lowest BCUT2D eigenvalue weighted by molar-refractivity contribution is -0.265. The van der Waals surface area contributed by atoms with Gasteiger partial charge in [0, 0.05) is 0 Å². The fourth-order valence-electron chi connectivity index (χ4n) is 5.67. The number of hydrogen-bond acceptors (Lipinski definition) is 3. The third-order valence-electron chi connectivity index (χ3n) is 6.85. The average molecular weight is 322 g/mol. The Morgan fingerprint density at radius 3 is 2.35 bits per heavy atom. The van der Waals surface area contributed by atoms with Crippen molar-refractivity contribution < 1.29 is 15.3 Å². The first-order chi connectivity index (χ1) is 10.5. The van der Waals surface area contributed by atoms with Crippen molar-refractivity contribution in [2.45, 2.75) is 78.1 Å².